The minimum atomic E-state index is -0.708. The maximum Gasteiger partial charge on any atom is 0.308 e. The molecule has 22 heavy (non-hydrogen) atoms. The first-order chi connectivity index (χ1) is 10.3. The highest BCUT2D eigenvalue weighted by molar-refractivity contribution is 9.10. The minimum absolute atomic E-state index is 0.109. The first-order valence-electron chi connectivity index (χ1n) is 6.72. The molecule has 1 aromatic rings. The Bertz CT molecular complexity index is 577. The molecule has 0 aromatic heterocycles. The highest BCUT2D eigenvalue weighted by atomic mass is 79.9. The quantitative estimate of drug-likeness (QED) is 0.589. The van der Waals surface area contributed by atoms with Crippen LogP contribution >= 0.6 is 15.9 Å². The van der Waals surface area contributed by atoms with Crippen molar-refractivity contribution in [3.8, 4) is 0 Å². The molecule has 0 saturated carbocycles. The number of Topliss-reactive ketones (excluding diaryl/α,β-unsaturated/α-hetero) is 1. The number of nitrogens with one attached hydrogen (secondary N) is 1. The normalized spacial score (nSPS) is 11.6. The summed E-state index contributed by atoms with van der Waals surface area (Å²) in [6.45, 7) is 3.19. The SMILES string of the molecule is CCOC(=O)CC(NC(=O)CC(C)=O)c1ccc(F)cc1Br. The first-order valence-corrected chi connectivity index (χ1v) is 7.52. The van der Waals surface area contributed by atoms with Gasteiger partial charge in [-0.2, -0.15) is 0 Å². The Morgan fingerprint density at radius 2 is 2.05 bits per heavy atom. The van der Waals surface area contributed by atoms with E-state index in [1.54, 1.807) is 6.92 Å². The maximum atomic E-state index is 13.2. The molecule has 0 saturated heterocycles. The zero-order chi connectivity index (χ0) is 16.7. The van der Waals surface area contributed by atoms with E-state index in [0.717, 1.165) is 0 Å². The number of benzene rings is 1. The molecule has 5 nitrogen and oxygen atoms in total. The highest BCUT2D eigenvalue weighted by Gasteiger charge is 2.22. The molecule has 1 unspecified atom stereocenters. The lowest BCUT2D eigenvalue weighted by atomic mass is 10.0. The number of carbonyl (C=O) groups excluding carboxylic acids is 3. The molecule has 1 atom stereocenters. The summed E-state index contributed by atoms with van der Waals surface area (Å²) >= 11 is 3.21. The number of ether oxygens (including phenoxy) is 1. The predicted octanol–water partition coefficient (Wildman–Crippen LogP) is 2.68. The van der Waals surface area contributed by atoms with Gasteiger partial charge in [-0.3, -0.25) is 14.4 Å². The van der Waals surface area contributed by atoms with Crippen molar-refractivity contribution >= 4 is 33.6 Å². The Labute approximate surface area is 136 Å². The van der Waals surface area contributed by atoms with Crippen molar-refractivity contribution in [2.24, 2.45) is 0 Å². The summed E-state index contributed by atoms with van der Waals surface area (Å²) < 4.78 is 18.5. The van der Waals surface area contributed by atoms with Crippen LogP contribution in [0.15, 0.2) is 22.7 Å². The van der Waals surface area contributed by atoms with Crippen LogP contribution in [0.1, 0.15) is 38.3 Å². The zero-order valence-electron chi connectivity index (χ0n) is 12.3. The van der Waals surface area contributed by atoms with Gasteiger partial charge in [-0.15, -0.1) is 0 Å². The van der Waals surface area contributed by atoms with Crippen LogP contribution in [-0.2, 0) is 19.1 Å². The lowest BCUT2D eigenvalue weighted by Gasteiger charge is -2.19. The second-order valence-electron chi connectivity index (χ2n) is 4.67. The van der Waals surface area contributed by atoms with E-state index < -0.39 is 23.7 Å². The Morgan fingerprint density at radius 3 is 2.59 bits per heavy atom. The molecule has 1 rings (SSSR count). The van der Waals surface area contributed by atoms with Gasteiger partial charge in [-0.25, -0.2) is 4.39 Å². The van der Waals surface area contributed by atoms with Crippen LogP contribution in [0.3, 0.4) is 0 Å². The molecular weight excluding hydrogens is 357 g/mol. The molecule has 1 aromatic carbocycles. The van der Waals surface area contributed by atoms with Gasteiger partial charge in [0.05, 0.1) is 25.5 Å². The monoisotopic (exact) mass is 373 g/mol. The van der Waals surface area contributed by atoms with Crippen molar-refractivity contribution < 1.29 is 23.5 Å². The second kappa shape index (κ2) is 8.63. The van der Waals surface area contributed by atoms with Crippen LogP contribution in [0.25, 0.3) is 0 Å². The van der Waals surface area contributed by atoms with Crippen LogP contribution < -0.4 is 5.32 Å². The van der Waals surface area contributed by atoms with Crippen molar-refractivity contribution in [3.63, 3.8) is 0 Å². The molecule has 0 aliphatic rings. The minimum Gasteiger partial charge on any atom is -0.466 e. The van der Waals surface area contributed by atoms with E-state index >= 15 is 0 Å². The second-order valence-corrected chi connectivity index (χ2v) is 5.53. The fraction of sp³-hybridized carbons (Fsp3) is 0.400. The molecule has 0 aliphatic heterocycles. The Hall–Kier alpha value is -1.76. The molecular formula is C15H17BrFNO4. The van der Waals surface area contributed by atoms with Gasteiger partial charge in [0.1, 0.15) is 11.6 Å². The summed E-state index contributed by atoms with van der Waals surface area (Å²) in [5, 5.41) is 2.60. The number of esters is 1. The van der Waals surface area contributed by atoms with E-state index in [0.29, 0.717) is 10.0 Å². The molecule has 120 valence electrons. The Balaban J connectivity index is 2.96. The maximum absolute atomic E-state index is 13.2. The van der Waals surface area contributed by atoms with E-state index in [-0.39, 0.29) is 25.2 Å². The number of hydrogen-bond acceptors (Lipinski definition) is 4. The molecule has 1 amide bonds. The van der Waals surface area contributed by atoms with E-state index in [2.05, 4.69) is 21.2 Å². The molecule has 1 N–H and O–H groups in total. The number of hydrogen-bond donors (Lipinski definition) is 1. The lowest BCUT2D eigenvalue weighted by molar-refractivity contribution is -0.143. The molecule has 0 fully saturated rings. The number of amides is 1. The smallest absolute Gasteiger partial charge is 0.308 e. The van der Waals surface area contributed by atoms with E-state index in [1.807, 2.05) is 0 Å². The first kappa shape index (κ1) is 18.3. The van der Waals surface area contributed by atoms with Gasteiger partial charge in [0.2, 0.25) is 5.91 Å². The number of rotatable bonds is 7. The van der Waals surface area contributed by atoms with Crippen molar-refractivity contribution in [1.29, 1.82) is 0 Å². The number of carbonyl (C=O) groups is 3. The average Bonchev–Trinajstić information content (AvgIpc) is 2.37. The molecule has 0 aliphatic carbocycles. The third-order valence-corrected chi connectivity index (χ3v) is 3.45. The van der Waals surface area contributed by atoms with Crippen molar-refractivity contribution in [3.05, 3.63) is 34.1 Å². The Morgan fingerprint density at radius 1 is 1.36 bits per heavy atom. The standard InChI is InChI=1S/C15H17BrFNO4/c1-3-22-15(21)8-13(18-14(20)6-9(2)19)11-5-4-10(17)7-12(11)16/h4-5,7,13H,3,6,8H2,1-2H3,(H,18,20). The van der Waals surface area contributed by atoms with Gasteiger partial charge in [-0.1, -0.05) is 22.0 Å². The molecule has 0 spiro atoms. The van der Waals surface area contributed by atoms with Crippen molar-refractivity contribution in [2.75, 3.05) is 6.61 Å². The highest BCUT2D eigenvalue weighted by Crippen LogP contribution is 2.27. The van der Waals surface area contributed by atoms with Crippen molar-refractivity contribution in [1.82, 2.24) is 5.32 Å². The summed E-state index contributed by atoms with van der Waals surface area (Å²) in [5.41, 5.74) is 0.534. The summed E-state index contributed by atoms with van der Waals surface area (Å²) in [4.78, 5) is 34.5. The molecule has 0 bridgehead atoms. The van der Waals surface area contributed by atoms with Gasteiger partial charge in [0.15, 0.2) is 0 Å². The predicted molar refractivity (Wildman–Crippen MR) is 81.5 cm³/mol. The fourth-order valence-corrected chi connectivity index (χ4v) is 2.51. The summed E-state index contributed by atoms with van der Waals surface area (Å²) in [5.74, 6) is -1.73. The summed E-state index contributed by atoms with van der Waals surface area (Å²) in [6, 6.07) is 3.23. The largest absolute Gasteiger partial charge is 0.466 e. The van der Waals surface area contributed by atoms with E-state index in [4.69, 9.17) is 4.74 Å². The molecule has 7 heteroatoms. The van der Waals surface area contributed by atoms with Gasteiger partial charge >= 0.3 is 5.97 Å². The summed E-state index contributed by atoms with van der Waals surface area (Å²) in [6.07, 6.45) is -0.389. The van der Waals surface area contributed by atoms with Crippen LogP contribution in [0.5, 0.6) is 0 Å². The number of halogens is 2. The lowest BCUT2D eigenvalue weighted by Crippen LogP contribution is -2.31. The average molecular weight is 374 g/mol. The van der Waals surface area contributed by atoms with E-state index in [9.17, 15) is 18.8 Å². The van der Waals surface area contributed by atoms with Gasteiger partial charge in [0.25, 0.3) is 0 Å². The molecule has 0 heterocycles. The van der Waals surface area contributed by atoms with Gasteiger partial charge in [0, 0.05) is 4.47 Å². The van der Waals surface area contributed by atoms with Crippen molar-refractivity contribution in [2.45, 2.75) is 32.7 Å². The third-order valence-electron chi connectivity index (χ3n) is 2.76. The Kier molecular flexibility index (Phi) is 7.17. The van der Waals surface area contributed by atoms with Crippen LogP contribution in [0.2, 0.25) is 0 Å². The topological polar surface area (TPSA) is 72.5 Å². The zero-order valence-corrected chi connectivity index (χ0v) is 13.9. The van der Waals surface area contributed by atoms with Gasteiger partial charge in [-0.05, 0) is 31.5 Å². The van der Waals surface area contributed by atoms with Crippen LogP contribution in [0.4, 0.5) is 4.39 Å². The van der Waals surface area contributed by atoms with E-state index in [1.165, 1.54) is 25.1 Å². The third kappa shape index (κ3) is 5.93. The fourth-order valence-electron chi connectivity index (χ4n) is 1.88. The number of ketones is 1. The van der Waals surface area contributed by atoms with Crippen LogP contribution in [0, 0.1) is 5.82 Å². The summed E-state index contributed by atoms with van der Waals surface area (Å²) in [7, 11) is 0. The van der Waals surface area contributed by atoms with Crippen LogP contribution in [-0.4, -0.2) is 24.3 Å². The molecule has 0 radical (unpaired) electrons. The van der Waals surface area contributed by atoms with Gasteiger partial charge < -0.3 is 10.1 Å².